The molecule has 1 saturated carbocycles. The van der Waals surface area contributed by atoms with E-state index in [0.29, 0.717) is 0 Å². The number of amides is 2. The number of thioether (sulfide) groups is 1. The van der Waals surface area contributed by atoms with Gasteiger partial charge in [-0.15, -0.1) is 11.8 Å². The molecule has 2 rings (SSSR count). The molecule has 132 valence electrons. The van der Waals surface area contributed by atoms with Crippen LogP contribution in [0.5, 0.6) is 0 Å². The van der Waals surface area contributed by atoms with E-state index in [4.69, 9.17) is 5.73 Å². The minimum atomic E-state index is -0.593. The molecule has 1 aromatic rings. The summed E-state index contributed by atoms with van der Waals surface area (Å²) < 4.78 is 0. The molecule has 0 heterocycles. The van der Waals surface area contributed by atoms with Gasteiger partial charge in [0.05, 0.1) is 12.6 Å². The first kappa shape index (κ1) is 18.8. The Morgan fingerprint density at radius 2 is 1.83 bits per heavy atom. The van der Waals surface area contributed by atoms with Crippen molar-refractivity contribution in [3.8, 4) is 0 Å². The molecule has 6 heteroatoms. The van der Waals surface area contributed by atoms with Crippen LogP contribution in [0.3, 0.4) is 0 Å². The van der Waals surface area contributed by atoms with Crippen molar-refractivity contribution in [2.45, 2.75) is 55.7 Å². The average Bonchev–Trinajstić information content (AvgIpc) is 3.06. The van der Waals surface area contributed by atoms with Crippen LogP contribution in [0, 0.1) is 5.92 Å². The number of nitrogens with one attached hydrogen (secondary N) is 2. The number of hydrogen-bond acceptors (Lipinski definition) is 4. The summed E-state index contributed by atoms with van der Waals surface area (Å²) in [4.78, 5) is 24.9. The normalized spacial score (nSPS) is 16.2. The molecule has 1 aliphatic rings. The molecule has 0 unspecified atom stereocenters. The van der Waals surface area contributed by atoms with Crippen LogP contribution < -0.4 is 16.4 Å². The number of hydrogen-bond donors (Lipinski definition) is 3. The van der Waals surface area contributed by atoms with Gasteiger partial charge in [0.1, 0.15) is 0 Å². The van der Waals surface area contributed by atoms with Crippen molar-refractivity contribution in [3.63, 3.8) is 0 Å². The van der Waals surface area contributed by atoms with E-state index in [9.17, 15) is 9.59 Å². The van der Waals surface area contributed by atoms with Gasteiger partial charge in [0.25, 0.3) is 0 Å². The third-order valence-corrected chi connectivity index (χ3v) is 5.54. The number of anilines is 1. The third kappa shape index (κ3) is 5.83. The molecular weight excluding hydrogens is 322 g/mol. The largest absolute Gasteiger partial charge is 0.346 e. The summed E-state index contributed by atoms with van der Waals surface area (Å²) in [5.41, 5.74) is 6.47. The Labute approximate surface area is 148 Å². The Bertz CT molecular complexity index is 554. The molecule has 0 spiro atoms. The zero-order valence-electron chi connectivity index (χ0n) is 14.4. The Morgan fingerprint density at radius 1 is 1.21 bits per heavy atom. The van der Waals surface area contributed by atoms with Gasteiger partial charge in [0.2, 0.25) is 11.8 Å². The highest BCUT2D eigenvalue weighted by Gasteiger charge is 2.18. The van der Waals surface area contributed by atoms with Crippen LogP contribution in [-0.2, 0) is 9.59 Å². The minimum absolute atomic E-state index is 0.0398. The lowest BCUT2D eigenvalue weighted by atomic mass is 10.1. The Kier molecular flexibility index (Phi) is 7.12. The lowest BCUT2D eigenvalue weighted by molar-refractivity contribution is -0.125. The fourth-order valence-corrected chi connectivity index (χ4v) is 3.86. The molecule has 0 bridgehead atoms. The highest BCUT2D eigenvalue weighted by atomic mass is 32.2. The van der Waals surface area contributed by atoms with Gasteiger partial charge in [0.15, 0.2) is 0 Å². The summed E-state index contributed by atoms with van der Waals surface area (Å²) in [6.45, 7) is 3.67. The van der Waals surface area contributed by atoms with Crippen LogP contribution in [0.15, 0.2) is 29.2 Å². The molecule has 1 atom stereocenters. The van der Waals surface area contributed by atoms with E-state index >= 15 is 0 Å². The molecule has 1 aromatic carbocycles. The van der Waals surface area contributed by atoms with E-state index in [2.05, 4.69) is 10.6 Å². The Hall–Kier alpha value is -1.53. The molecule has 24 heavy (non-hydrogen) atoms. The summed E-state index contributed by atoms with van der Waals surface area (Å²) in [6, 6.07) is 7.27. The van der Waals surface area contributed by atoms with Crippen LogP contribution in [0.1, 0.15) is 39.5 Å². The maximum absolute atomic E-state index is 11.9. The molecular formula is C18H27N3O2S. The van der Waals surface area contributed by atoms with Crippen LogP contribution in [0.2, 0.25) is 0 Å². The van der Waals surface area contributed by atoms with Gasteiger partial charge in [-0.05, 0) is 43.0 Å². The summed E-state index contributed by atoms with van der Waals surface area (Å²) in [6.07, 6.45) is 5.25. The minimum Gasteiger partial charge on any atom is -0.346 e. The predicted octanol–water partition coefficient (Wildman–Crippen LogP) is 2.76. The molecule has 1 aliphatic carbocycles. The van der Waals surface area contributed by atoms with Crippen LogP contribution >= 0.6 is 11.8 Å². The lowest BCUT2D eigenvalue weighted by Crippen LogP contribution is -2.46. The zero-order chi connectivity index (χ0) is 17.5. The first-order valence-electron chi connectivity index (χ1n) is 8.55. The second kappa shape index (κ2) is 9.08. The SMILES string of the molecule is CC(C)[C@H](N)C(=O)NCC(=O)Nc1ccc(SC2CCCC2)cc1. The smallest absolute Gasteiger partial charge is 0.243 e. The predicted molar refractivity (Wildman–Crippen MR) is 99.0 cm³/mol. The first-order chi connectivity index (χ1) is 11.5. The standard InChI is InChI=1S/C18H27N3O2S/c1-12(2)17(19)18(23)20-11-16(22)21-13-7-9-15(10-8-13)24-14-5-3-4-6-14/h7-10,12,14,17H,3-6,11,19H2,1-2H3,(H,20,23)(H,21,22)/t17-/m0/s1. The Morgan fingerprint density at radius 3 is 2.42 bits per heavy atom. The lowest BCUT2D eigenvalue weighted by Gasteiger charge is -2.15. The second-order valence-electron chi connectivity index (χ2n) is 6.58. The monoisotopic (exact) mass is 349 g/mol. The van der Waals surface area contributed by atoms with Gasteiger partial charge in [-0.25, -0.2) is 0 Å². The quantitative estimate of drug-likeness (QED) is 0.707. The van der Waals surface area contributed by atoms with Gasteiger partial charge < -0.3 is 16.4 Å². The molecule has 2 amide bonds. The van der Waals surface area contributed by atoms with E-state index in [1.807, 2.05) is 49.9 Å². The van der Waals surface area contributed by atoms with E-state index < -0.39 is 6.04 Å². The fourth-order valence-electron chi connectivity index (χ4n) is 2.61. The van der Waals surface area contributed by atoms with Gasteiger partial charge in [-0.2, -0.15) is 0 Å². The van der Waals surface area contributed by atoms with Gasteiger partial charge in [0, 0.05) is 15.8 Å². The number of nitrogens with two attached hydrogens (primary N) is 1. The highest BCUT2D eigenvalue weighted by Crippen LogP contribution is 2.34. The number of rotatable bonds is 7. The average molecular weight is 350 g/mol. The topological polar surface area (TPSA) is 84.2 Å². The van der Waals surface area contributed by atoms with Crippen molar-refractivity contribution in [2.24, 2.45) is 11.7 Å². The zero-order valence-corrected chi connectivity index (χ0v) is 15.2. The van der Waals surface area contributed by atoms with E-state index in [-0.39, 0.29) is 24.3 Å². The van der Waals surface area contributed by atoms with Crippen molar-refractivity contribution < 1.29 is 9.59 Å². The third-order valence-electron chi connectivity index (χ3n) is 4.19. The highest BCUT2D eigenvalue weighted by molar-refractivity contribution is 8.00. The summed E-state index contributed by atoms with van der Waals surface area (Å²) in [5.74, 6) is -0.517. The number of benzene rings is 1. The van der Waals surface area contributed by atoms with Gasteiger partial charge in [-0.3, -0.25) is 9.59 Å². The summed E-state index contributed by atoms with van der Waals surface area (Å²) in [5, 5.41) is 6.07. The Balaban J connectivity index is 1.76. The molecule has 1 fully saturated rings. The van der Waals surface area contributed by atoms with Crippen LogP contribution in [0.4, 0.5) is 5.69 Å². The first-order valence-corrected chi connectivity index (χ1v) is 9.43. The van der Waals surface area contributed by atoms with Gasteiger partial charge in [-0.1, -0.05) is 26.7 Å². The van der Waals surface area contributed by atoms with Gasteiger partial charge >= 0.3 is 0 Å². The van der Waals surface area contributed by atoms with Crippen LogP contribution in [-0.4, -0.2) is 29.7 Å². The molecule has 4 N–H and O–H groups in total. The maximum Gasteiger partial charge on any atom is 0.243 e. The summed E-state index contributed by atoms with van der Waals surface area (Å²) >= 11 is 1.92. The van der Waals surface area contributed by atoms with Crippen molar-refractivity contribution >= 4 is 29.3 Å². The number of carbonyl (C=O) groups excluding carboxylic acids is 2. The molecule has 0 aliphatic heterocycles. The maximum atomic E-state index is 11.9. The van der Waals surface area contributed by atoms with Crippen molar-refractivity contribution in [1.29, 1.82) is 0 Å². The van der Waals surface area contributed by atoms with Crippen molar-refractivity contribution in [1.82, 2.24) is 5.32 Å². The van der Waals surface area contributed by atoms with Crippen molar-refractivity contribution in [3.05, 3.63) is 24.3 Å². The molecule has 0 aromatic heterocycles. The summed E-state index contributed by atoms with van der Waals surface area (Å²) in [7, 11) is 0. The number of carbonyl (C=O) groups is 2. The fraction of sp³-hybridized carbons (Fsp3) is 0.556. The van der Waals surface area contributed by atoms with E-state index in [0.717, 1.165) is 10.9 Å². The van der Waals surface area contributed by atoms with E-state index in [1.165, 1.54) is 30.6 Å². The van der Waals surface area contributed by atoms with E-state index in [1.54, 1.807) is 0 Å². The molecule has 0 radical (unpaired) electrons. The molecule has 5 nitrogen and oxygen atoms in total. The second-order valence-corrected chi connectivity index (χ2v) is 7.96. The van der Waals surface area contributed by atoms with Crippen molar-refractivity contribution in [2.75, 3.05) is 11.9 Å². The van der Waals surface area contributed by atoms with Crippen LogP contribution in [0.25, 0.3) is 0 Å². The molecule has 0 saturated heterocycles.